The standard InChI is InChI=1S/C19H27ClN2/c1-14(9-16-6-4-3-5-7-16)8-15(2)19-11-17(20)10-18-12-21-13-22(18)19/h10-16H,3-9H2,1-2H3. The molecule has 2 heterocycles. The fraction of sp³-hybridized carbons (Fsp3) is 0.632. The molecule has 2 unspecified atom stereocenters. The highest BCUT2D eigenvalue weighted by Crippen LogP contribution is 2.33. The Bertz CT molecular complexity index is 613. The van der Waals surface area contributed by atoms with Gasteiger partial charge in [0.1, 0.15) is 0 Å². The Hall–Kier alpha value is -1.02. The van der Waals surface area contributed by atoms with E-state index in [4.69, 9.17) is 11.6 Å². The Balaban J connectivity index is 1.67. The van der Waals surface area contributed by atoms with Crippen molar-refractivity contribution in [3.63, 3.8) is 0 Å². The van der Waals surface area contributed by atoms with Crippen LogP contribution in [0.2, 0.25) is 5.02 Å². The van der Waals surface area contributed by atoms with E-state index < -0.39 is 0 Å². The van der Waals surface area contributed by atoms with Gasteiger partial charge in [-0.1, -0.05) is 57.6 Å². The Morgan fingerprint density at radius 1 is 1.23 bits per heavy atom. The summed E-state index contributed by atoms with van der Waals surface area (Å²) in [7, 11) is 0. The Morgan fingerprint density at radius 3 is 2.77 bits per heavy atom. The van der Waals surface area contributed by atoms with Gasteiger partial charge in [0.2, 0.25) is 0 Å². The van der Waals surface area contributed by atoms with E-state index in [0.717, 1.165) is 22.4 Å². The lowest BCUT2D eigenvalue weighted by atomic mass is 9.80. The Kier molecular flexibility index (Phi) is 5.07. The number of halogens is 1. The molecule has 1 saturated carbocycles. The first-order valence-electron chi connectivity index (χ1n) is 8.75. The summed E-state index contributed by atoms with van der Waals surface area (Å²) in [5, 5.41) is 0.815. The van der Waals surface area contributed by atoms with E-state index >= 15 is 0 Å². The molecule has 0 spiro atoms. The molecule has 22 heavy (non-hydrogen) atoms. The molecule has 0 N–H and O–H groups in total. The third-order valence-electron chi connectivity index (χ3n) is 5.24. The summed E-state index contributed by atoms with van der Waals surface area (Å²) in [6.45, 7) is 4.74. The lowest BCUT2D eigenvalue weighted by Gasteiger charge is -2.26. The molecule has 2 aromatic rings. The minimum absolute atomic E-state index is 0.508. The van der Waals surface area contributed by atoms with Crippen LogP contribution in [0.1, 0.15) is 70.4 Å². The number of rotatable bonds is 5. The highest BCUT2D eigenvalue weighted by Gasteiger charge is 2.19. The van der Waals surface area contributed by atoms with Crippen LogP contribution in [0, 0.1) is 11.8 Å². The van der Waals surface area contributed by atoms with Crippen LogP contribution in [0.4, 0.5) is 0 Å². The molecule has 120 valence electrons. The summed E-state index contributed by atoms with van der Waals surface area (Å²) in [6, 6.07) is 4.09. The molecule has 0 bridgehead atoms. The largest absolute Gasteiger partial charge is 0.303 e. The zero-order valence-electron chi connectivity index (χ0n) is 13.8. The number of hydrogen-bond donors (Lipinski definition) is 0. The van der Waals surface area contributed by atoms with E-state index in [0.29, 0.717) is 5.92 Å². The lowest BCUT2D eigenvalue weighted by molar-refractivity contribution is 0.282. The van der Waals surface area contributed by atoms with Gasteiger partial charge in [-0.25, -0.2) is 4.98 Å². The fourth-order valence-corrected chi connectivity index (χ4v) is 4.44. The van der Waals surface area contributed by atoms with E-state index in [1.54, 1.807) is 0 Å². The van der Waals surface area contributed by atoms with Gasteiger partial charge in [-0.15, -0.1) is 0 Å². The molecule has 3 heteroatoms. The second kappa shape index (κ2) is 7.04. The third-order valence-corrected chi connectivity index (χ3v) is 5.46. The van der Waals surface area contributed by atoms with Gasteiger partial charge in [0.05, 0.1) is 18.0 Å². The molecule has 0 aliphatic heterocycles. The zero-order valence-corrected chi connectivity index (χ0v) is 14.5. The highest BCUT2D eigenvalue weighted by atomic mass is 35.5. The maximum absolute atomic E-state index is 6.28. The maximum atomic E-state index is 6.28. The molecule has 1 fully saturated rings. The molecule has 1 aliphatic carbocycles. The van der Waals surface area contributed by atoms with Crippen molar-refractivity contribution >= 4 is 17.1 Å². The van der Waals surface area contributed by atoms with Crippen molar-refractivity contribution in [2.45, 2.75) is 64.7 Å². The zero-order chi connectivity index (χ0) is 15.5. The van der Waals surface area contributed by atoms with Crippen LogP contribution >= 0.6 is 11.6 Å². The number of fused-ring (bicyclic) bond motifs is 1. The quantitative estimate of drug-likeness (QED) is 0.652. The smallest absolute Gasteiger partial charge is 0.0994 e. The molecule has 0 aromatic carbocycles. The topological polar surface area (TPSA) is 17.3 Å². The van der Waals surface area contributed by atoms with Gasteiger partial charge in [-0.3, -0.25) is 0 Å². The van der Waals surface area contributed by atoms with Crippen molar-refractivity contribution in [1.29, 1.82) is 0 Å². The summed E-state index contributed by atoms with van der Waals surface area (Å²) in [5.41, 5.74) is 2.38. The van der Waals surface area contributed by atoms with Crippen molar-refractivity contribution in [3.8, 4) is 0 Å². The third kappa shape index (κ3) is 3.65. The van der Waals surface area contributed by atoms with E-state index in [9.17, 15) is 0 Å². The van der Waals surface area contributed by atoms with Gasteiger partial charge in [-0.05, 0) is 42.7 Å². The summed E-state index contributed by atoms with van der Waals surface area (Å²) in [6.07, 6.45) is 13.6. The number of imidazole rings is 1. The summed E-state index contributed by atoms with van der Waals surface area (Å²) in [5.74, 6) is 2.24. The van der Waals surface area contributed by atoms with Gasteiger partial charge in [0.15, 0.2) is 0 Å². The summed E-state index contributed by atoms with van der Waals surface area (Å²) in [4.78, 5) is 4.26. The van der Waals surface area contributed by atoms with E-state index in [1.807, 2.05) is 18.6 Å². The molecular formula is C19H27ClN2. The van der Waals surface area contributed by atoms with Crippen molar-refractivity contribution in [1.82, 2.24) is 9.38 Å². The molecule has 0 amide bonds. The average Bonchev–Trinajstić information content (AvgIpc) is 2.95. The van der Waals surface area contributed by atoms with Crippen molar-refractivity contribution in [2.75, 3.05) is 0 Å². The molecular weight excluding hydrogens is 292 g/mol. The number of pyridine rings is 1. The van der Waals surface area contributed by atoms with Crippen LogP contribution in [0.15, 0.2) is 24.7 Å². The second-order valence-corrected chi connectivity index (χ2v) is 7.71. The number of hydrogen-bond acceptors (Lipinski definition) is 1. The van der Waals surface area contributed by atoms with Crippen LogP contribution in [0.25, 0.3) is 5.52 Å². The minimum Gasteiger partial charge on any atom is -0.303 e. The lowest BCUT2D eigenvalue weighted by Crippen LogP contribution is -2.13. The van der Waals surface area contributed by atoms with Crippen LogP contribution in [-0.2, 0) is 0 Å². The molecule has 2 nitrogen and oxygen atoms in total. The first-order chi connectivity index (χ1) is 10.6. The van der Waals surface area contributed by atoms with Crippen molar-refractivity contribution in [2.24, 2.45) is 11.8 Å². The number of aromatic nitrogens is 2. The van der Waals surface area contributed by atoms with Gasteiger partial charge >= 0.3 is 0 Å². The molecule has 2 atom stereocenters. The summed E-state index contributed by atoms with van der Waals surface area (Å²) < 4.78 is 2.18. The van der Waals surface area contributed by atoms with Gasteiger partial charge in [0.25, 0.3) is 0 Å². The number of nitrogens with zero attached hydrogens (tertiary/aromatic N) is 2. The predicted octanol–water partition coefficient (Wildman–Crippen LogP) is 6.09. The maximum Gasteiger partial charge on any atom is 0.0994 e. The van der Waals surface area contributed by atoms with E-state index in [-0.39, 0.29) is 0 Å². The van der Waals surface area contributed by atoms with E-state index in [2.05, 4.69) is 29.3 Å². The van der Waals surface area contributed by atoms with Gasteiger partial charge < -0.3 is 4.40 Å². The van der Waals surface area contributed by atoms with E-state index in [1.165, 1.54) is 50.6 Å². The minimum atomic E-state index is 0.508. The van der Waals surface area contributed by atoms with Gasteiger partial charge in [0, 0.05) is 10.7 Å². The highest BCUT2D eigenvalue weighted by molar-refractivity contribution is 6.31. The van der Waals surface area contributed by atoms with Gasteiger partial charge in [-0.2, -0.15) is 0 Å². The van der Waals surface area contributed by atoms with Crippen LogP contribution < -0.4 is 0 Å². The fourth-order valence-electron chi connectivity index (χ4n) is 4.21. The normalized spacial score (nSPS) is 19.4. The average molecular weight is 319 g/mol. The van der Waals surface area contributed by atoms with Crippen molar-refractivity contribution in [3.05, 3.63) is 35.4 Å². The first kappa shape index (κ1) is 15.9. The predicted molar refractivity (Wildman–Crippen MR) is 93.6 cm³/mol. The monoisotopic (exact) mass is 318 g/mol. The Labute approximate surface area is 138 Å². The molecule has 3 rings (SSSR count). The van der Waals surface area contributed by atoms with Crippen LogP contribution in [-0.4, -0.2) is 9.38 Å². The molecule has 1 aliphatic rings. The molecule has 0 saturated heterocycles. The molecule has 2 aromatic heterocycles. The first-order valence-corrected chi connectivity index (χ1v) is 9.12. The van der Waals surface area contributed by atoms with Crippen LogP contribution in [0.5, 0.6) is 0 Å². The molecule has 0 radical (unpaired) electrons. The van der Waals surface area contributed by atoms with Crippen LogP contribution in [0.3, 0.4) is 0 Å². The SMILES string of the molecule is CC(CC1CCCCC1)CC(C)c1cc(Cl)cc2cncn12. The Morgan fingerprint density at radius 2 is 2.00 bits per heavy atom. The van der Waals surface area contributed by atoms with Crippen molar-refractivity contribution < 1.29 is 0 Å². The second-order valence-electron chi connectivity index (χ2n) is 7.27. The summed E-state index contributed by atoms with van der Waals surface area (Å²) >= 11 is 6.28.